The van der Waals surface area contributed by atoms with Crippen LogP contribution in [0.1, 0.15) is 10.6 Å². The minimum Gasteiger partial charge on any atom is -0.504 e. The number of methoxy groups -OCH3 is 1. The second kappa shape index (κ2) is 5.87. The van der Waals surface area contributed by atoms with E-state index in [1.807, 2.05) is 30.4 Å². The van der Waals surface area contributed by atoms with Crippen LogP contribution in [0.4, 0.5) is 0 Å². The second-order valence-electron chi connectivity index (χ2n) is 4.40. The summed E-state index contributed by atoms with van der Waals surface area (Å²) in [6, 6.07) is 11.4. The number of ether oxygens (including phenoxy) is 1. The summed E-state index contributed by atoms with van der Waals surface area (Å²) in [5.74, 6) is 0.559. The number of rotatable bonds is 3. The van der Waals surface area contributed by atoms with Gasteiger partial charge in [0.2, 0.25) is 0 Å². The highest BCUT2D eigenvalue weighted by Crippen LogP contribution is 2.33. The molecule has 1 aromatic heterocycles. The monoisotopic (exact) mass is 361 g/mol. The first-order chi connectivity index (χ1) is 10.2. The third-order valence-corrected chi connectivity index (χ3v) is 4.70. The van der Waals surface area contributed by atoms with E-state index in [0.29, 0.717) is 5.75 Å². The molecule has 0 saturated carbocycles. The summed E-state index contributed by atoms with van der Waals surface area (Å²) in [7, 11) is 1.53. The first-order valence-electron chi connectivity index (χ1n) is 6.27. The third-order valence-electron chi connectivity index (χ3n) is 3.01. The molecule has 0 fully saturated rings. The number of fused-ring (bicyclic) bond motifs is 1. The van der Waals surface area contributed by atoms with Gasteiger partial charge in [0.05, 0.1) is 17.3 Å². The van der Waals surface area contributed by atoms with Crippen LogP contribution in [0.2, 0.25) is 0 Å². The third kappa shape index (κ3) is 2.94. The summed E-state index contributed by atoms with van der Waals surface area (Å²) in [5, 5.41) is 10.8. The quantitative estimate of drug-likeness (QED) is 0.717. The Morgan fingerprint density at radius 2 is 2.05 bits per heavy atom. The van der Waals surface area contributed by atoms with Crippen molar-refractivity contribution in [3.05, 3.63) is 51.4 Å². The number of phenolic OH excluding ortho intramolecular Hbond substituents is 1. The molecule has 0 atom stereocenters. The molecule has 3 nitrogen and oxygen atoms in total. The largest absolute Gasteiger partial charge is 0.504 e. The molecule has 0 aliphatic rings. The van der Waals surface area contributed by atoms with Crippen molar-refractivity contribution in [2.75, 3.05) is 7.11 Å². The van der Waals surface area contributed by atoms with E-state index in [9.17, 15) is 5.11 Å². The van der Waals surface area contributed by atoms with Crippen LogP contribution >= 0.6 is 27.3 Å². The molecule has 0 bridgehead atoms. The molecule has 1 N–H and O–H groups in total. The van der Waals surface area contributed by atoms with Crippen molar-refractivity contribution in [1.82, 2.24) is 4.98 Å². The van der Waals surface area contributed by atoms with E-state index in [4.69, 9.17) is 4.74 Å². The zero-order chi connectivity index (χ0) is 14.8. The average molecular weight is 362 g/mol. The predicted molar refractivity (Wildman–Crippen MR) is 90.9 cm³/mol. The molecule has 0 aliphatic heterocycles. The van der Waals surface area contributed by atoms with Crippen LogP contribution in [-0.4, -0.2) is 17.2 Å². The number of hydrogen-bond donors (Lipinski definition) is 1. The minimum atomic E-state index is 0.115. The Morgan fingerprint density at radius 1 is 1.24 bits per heavy atom. The van der Waals surface area contributed by atoms with Gasteiger partial charge in [-0.2, -0.15) is 0 Å². The van der Waals surface area contributed by atoms with Crippen molar-refractivity contribution < 1.29 is 9.84 Å². The van der Waals surface area contributed by atoms with Gasteiger partial charge in [0.1, 0.15) is 5.01 Å². The number of phenols is 1. The summed E-state index contributed by atoms with van der Waals surface area (Å²) in [6.45, 7) is 0. The van der Waals surface area contributed by atoms with Gasteiger partial charge in [-0.15, -0.1) is 11.3 Å². The lowest BCUT2D eigenvalue weighted by molar-refractivity contribution is 0.373. The minimum absolute atomic E-state index is 0.115. The molecule has 3 rings (SSSR count). The molecular formula is C16H12BrNO2S. The highest BCUT2D eigenvalue weighted by atomic mass is 79.9. The molecule has 1 heterocycles. The Bertz CT molecular complexity index is 793. The smallest absolute Gasteiger partial charge is 0.161 e. The van der Waals surface area contributed by atoms with Crippen LogP contribution < -0.4 is 4.74 Å². The number of thiazole rings is 1. The second-order valence-corrected chi connectivity index (χ2v) is 6.32. The van der Waals surface area contributed by atoms with Gasteiger partial charge in [0.15, 0.2) is 11.5 Å². The fraction of sp³-hybridized carbons (Fsp3) is 0.0625. The van der Waals surface area contributed by atoms with E-state index in [0.717, 1.165) is 25.3 Å². The maximum absolute atomic E-state index is 9.83. The van der Waals surface area contributed by atoms with Crippen molar-refractivity contribution in [2.45, 2.75) is 0 Å². The van der Waals surface area contributed by atoms with E-state index in [1.165, 1.54) is 7.11 Å². The number of para-hydroxylation sites is 1. The molecule has 0 spiro atoms. The maximum Gasteiger partial charge on any atom is 0.161 e. The van der Waals surface area contributed by atoms with Crippen molar-refractivity contribution in [1.29, 1.82) is 0 Å². The molecule has 3 aromatic rings. The molecule has 106 valence electrons. The van der Waals surface area contributed by atoms with Crippen LogP contribution in [0.5, 0.6) is 11.5 Å². The van der Waals surface area contributed by atoms with Gasteiger partial charge in [-0.25, -0.2) is 4.98 Å². The number of benzene rings is 2. The van der Waals surface area contributed by atoms with Crippen molar-refractivity contribution in [2.24, 2.45) is 0 Å². The van der Waals surface area contributed by atoms with E-state index < -0.39 is 0 Å². The summed E-state index contributed by atoms with van der Waals surface area (Å²) >= 11 is 5.10. The van der Waals surface area contributed by atoms with Gasteiger partial charge < -0.3 is 9.84 Å². The SMILES string of the molecule is COc1cc(Br)c(/C=C/c2nc3ccccc3s2)cc1O. The van der Waals surface area contributed by atoms with Gasteiger partial charge in [0, 0.05) is 4.47 Å². The summed E-state index contributed by atoms with van der Waals surface area (Å²) in [4.78, 5) is 4.54. The molecule has 0 unspecified atom stereocenters. The molecule has 0 saturated heterocycles. The standard InChI is InChI=1S/C16H12BrNO2S/c1-20-14-9-11(17)10(8-13(14)19)6-7-16-18-12-4-2-3-5-15(12)21-16/h2-9,19H,1H3/b7-6+. The predicted octanol–water partition coefficient (Wildman–Crippen LogP) is 4.94. The van der Waals surface area contributed by atoms with Gasteiger partial charge in [0.25, 0.3) is 0 Å². The van der Waals surface area contributed by atoms with E-state index in [2.05, 4.69) is 27.0 Å². The fourth-order valence-corrected chi connectivity index (χ4v) is 3.30. The lowest BCUT2D eigenvalue weighted by atomic mass is 10.2. The Hall–Kier alpha value is -1.85. The molecule has 0 aliphatic carbocycles. The first-order valence-corrected chi connectivity index (χ1v) is 7.88. The molecule has 5 heteroatoms. The first kappa shape index (κ1) is 14.1. The van der Waals surface area contributed by atoms with Crippen LogP contribution in [-0.2, 0) is 0 Å². The van der Waals surface area contributed by atoms with Crippen molar-refractivity contribution >= 4 is 49.6 Å². The number of halogens is 1. The van der Waals surface area contributed by atoms with E-state index >= 15 is 0 Å². The molecule has 21 heavy (non-hydrogen) atoms. The highest BCUT2D eigenvalue weighted by molar-refractivity contribution is 9.10. The molecular weight excluding hydrogens is 350 g/mol. The zero-order valence-corrected chi connectivity index (χ0v) is 13.6. The summed E-state index contributed by atoms with van der Waals surface area (Å²) in [6.07, 6.45) is 3.86. The van der Waals surface area contributed by atoms with Gasteiger partial charge in [-0.1, -0.05) is 34.1 Å². The van der Waals surface area contributed by atoms with Crippen LogP contribution in [0.25, 0.3) is 22.4 Å². The number of hydrogen-bond acceptors (Lipinski definition) is 4. The lowest BCUT2D eigenvalue weighted by Crippen LogP contribution is -1.85. The number of aromatic hydroxyl groups is 1. The number of nitrogens with zero attached hydrogens (tertiary/aromatic N) is 1. The van der Waals surface area contributed by atoms with Crippen LogP contribution in [0, 0.1) is 0 Å². The van der Waals surface area contributed by atoms with Crippen LogP contribution in [0.3, 0.4) is 0 Å². The Labute approximate surface area is 134 Å². The average Bonchev–Trinajstić information content (AvgIpc) is 2.90. The number of aromatic nitrogens is 1. The topological polar surface area (TPSA) is 42.4 Å². The maximum atomic E-state index is 9.83. The Morgan fingerprint density at radius 3 is 2.81 bits per heavy atom. The van der Waals surface area contributed by atoms with Crippen molar-refractivity contribution in [3.8, 4) is 11.5 Å². The van der Waals surface area contributed by atoms with Gasteiger partial charge in [-0.05, 0) is 35.9 Å². The van der Waals surface area contributed by atoms with Crippen molar-refractivity contribution in [3.63, 3.8) is 0 Å². The highest BCUT2D eigenvalue weighted by Gasteiger charge is 2.06. The fourth-order valence-electron chi connectivity index (χ4n) is 1.97. The van der Waals surface area contributed by atoms with E-state index in [1.54, 1.807) is 23.5 Å². The van der Waals surface area contributed by atoms with Gasteiger partial charge in [-0.3, -0.25) is 0 Å². The van der Waals surface area contributed by atoms with Crippen LogP contribution in [0.15, 0.2) is 40.9 Å². The summed E-state index contributed by atoms with van der Waals surface area (Å²) in [5.41, 5.74) is 1.87. The Kier molecular flexibility index (Phi) is 3.94. The molecule has 2 aromatic carbocycles. The van der Waals surface area contributed by atoms with Gasteiger partial charge >= 0.3 is 0 Å². The normalized spacial score (nSPS) is 11.3. The Balaban J connectivity index is 1.93. The van der Waals surface area contributed by atoms with E-state index in [-0.39, 0.29) is 5.75 Å². The summed E-state index contributed by atoms with van der Waals surface area (Å²) < 4.78 is 7.09. The molecule has 0 amide bonds. The molecule has 0 radical (unpaired) electrons. The zero-order valence-electron chi connectivity index (χ0n) is 11.2. The lowest BCUT2D eigenvalue weighted by Gasteiger charge is -2.06.